The van der Waals surface area contributed by atoms with E-state index >= 15 is 0 Å². The number of rotatable bonds is 12. The van der Waals surface area contributed by atoms with Crippen LogP contribution in [0, 0.1) is 0 Å². The van der Waals surface area contributed by atoms with Crippen LogP contribution in [0.4, 0.5) is 0 Å². The van der Waals surface area contributed by atoms with Gasteiger partial charge in [-0.1, -0.05) is 64.7 Å². The van der Waals surface area contributed by atoms with Gasteiger partial charge in [0.2, 0.25) is 0 Å². The fourth-order valence-electron chi connectivity index (χ4n) is 1.75. The molecule has 1 N–H and O–H groups in total. The van der Waals surface area contributed by atoms with Gasteiger partial charge in [-0.2, -0.15) is 21.9 Å². The van der Waals surface area contributed by atoms with Gasteiger partial charge in [0.05, 0.1) is 6.61 Å². The Kier molecular flexibility index (Phi) is 22.9. The summed E-state index contributed by atoms with van der Waals surface area (Å²) in [6, 6.07) is 0. The molecule has 7 heteroatoms. The van der Waals surface area contributed by atoms with Gasteiger partial charge in [-0.3, -0.25) is 4.55 Å². The third-order valence-electron chi connectivity index (χ3n) is 2.73. The fourth-order valence-corrected chi connectivity index (χ4v) is 2.08. The van der Waals surface area contributed by atoms with E-state index in [1.54, 1.807) is 0 Å². The Bertz CT molecular complexity index is 258. The van der Waals surface area contributed by atoms with Crippen LogP contribution in [0.2, 0.25) is 0 Å². The van der Waals surface area contributed by atoms with E-state index < -0.39 is 10.4 Å². The molecule has 0 aromatic heterocycles. The molecule has 0 fully saturated rings. The first-order valence-corrected chi connectivity index (χ1v) is 8.04. The van der Waals surface area contributed by atoms with Crippen molar-refractivity contribution < 1.29 is 17.2 Å². The fraction of sp³-hybridized carbons (Fsp3) is 1.00. The average Bonchev–Trinajstić information content (AvgIpc) is 2.24. The molecule has 114 valence electrons. The van der Waals surface area contributed by atoms with Gasteiger partial charge < -0.3 is 0 Å². The van der Waals surface area contributed by atoms with Crippen molar-refractivity contribution in [1.29, 1.82) is 0 Å². The van der Waals surface area contributed by atoms with E-state index in [-0.39, 0.29) is 49.7 Å². The second kappa shape index (κ2) is 17.3. The Morgan fingerprint density at radius 3 is 1.58 bits per heavy atom. The summed E-state index contributed by atoms with van der Waals surface area (Å²) < 4.78 is 33.0. The summed E-state index contributed by atoms with van der Waals surface area (Å²) in [4.78, 5) is 0. The third-order valence-corrected chi connectivity index (χ3v) is 3.19. The molecule has 0 atom stereocenters. The van der Waals surface area contributed by atoms with Gasteiger partial charge in [0, 0.05) is 0 Å². The normalized spacial score (nSPS) is 10.6. The Balaban J connectivity index is -0.00000128. The molecule has 0 unspecified atom stereocenters. The van der Waals surface area contributed by atoms with Crippen LogP contribution in [-0.2, 0) is 14.6 Å². The Hall–Kier alpha value is 1.22. The van der Waals surface area contributed by atoms with Gasteiger partial charge in [0.25, 0.3) is 0 Å². The van der Waals surface area contributed by atoms with Crippen LogP contribution >= 0.6 is 13.5 Å². The molecular weight excluding hydrogens is 295 g/mol. The summed E-state index contributed by atoms with van der Waals surface area (Å²) in [6.07, 6.45) is 11.9. The standard InChI is InChI=1S/C12H26O4S.Na.H2S.H/c1-2-3-4-5-6-7-8-9-10-11-12-16-17(13,14)15;;;/h2-12H2,1H3,(H,13,14,15);;1H2;. The van der Waals surface area contributed by atoms with Crippen molar-refractivity contribution in [3.8, 4) is 0 Å². The first-order chi connectivity index (χ1) is 8.06. The third kappa shape index (κ3) is 24.6. The summed E-state index contributed by atoms with van der Waals surface area (Å²) >= 11 is 0. The van der Waals surface area contributed by atoms with E-state index in [4.69, 9.17) is 4.55 Å². The minimum atomic E-state index is -4.23. The van der Waals surface area contributed by atoms with Gasteiger partial charge >= 0.3 is 40.0 Å². The maximum atomic E-state index is 10.2. The maximum absolute atomic E-state index is 10.2. The Morgan fingerprint density at radius 1 is 0.842 bits per heavy atom. The van der Waals surface area contributed by atoms with Gasteiger partial charge in [0.15, 0.2) is 0 Å². The van der Waals surface area contributed by atoms with Crippen LogP contribution < -0.4 is 0 Å². The SMILES string of the molecule is CCCCCCCCCCCCOS(=O)(=O)O.S.[NaH]. The Labute approximate surface area is 147 Å². The van der Waals surface area contributed by atoms with Crippen molar-refractivity contribution in [3.63, 3.8) is 0 Å². The molecule has 0 spiro atoms. The zero-order chi connectivity index (χ0) is 13.0. The van der Waals surface area contributed by atoms with Crippen molar-refractivity contribution in [2.45, 2.75) is 71.1 Å². The minimum absolute atomic E-state index is 0. The summed E-state index contributed by atoms with van der Waals surface area (Å²) in [5.41, 5.74) is 0. The van der Waals surface area contributed by atoms with Crippen molar-refractivity contribution >= 4 is 53.5 Å². The van der Waals surface area contributed by atoms with Crippen LogP contribution in [0.15, 0.2) is 0 Å². The van der Waals surface area contributed by atoms with Crippen molar-refractivity contribution in [2.75, 3.05) is 6.61 Å². The van der Waals surface area contributed by atoms with Crippen molar-refractivity contribution in [1.82, 2.24) is 0 Å². The van der Waals surface area contributed by atoms with Crippen molar-refractivity contribution in [2.24, 2.45) is 0 Å². The van der Waals surface area contributed by atoms with E-state index in [1.807, 2.05) is 0 Å². The average molecular weight is 324 g/mol. The second-order valence-electron chi connectivity index (χ2n) is 4.43. The van der Waals surface area contributed by atoms with Crippen LogP contribution in [0.25, 0.3) is 0 Å². The molecule has 0 aliphatic carbocycles. The summed E-state index contributed by atoms with van der Waals surface area (Å²) in [5, 5.41) is 0. The molecule has 19 heavy (non-hydrogen) atoms. The monoisotopic (exact) mass is 324 g/mol. The molecule has 0 radical (unpaired) electrons. The molecule has 0 aliphatic rings. The first kappa shape index (κ1) is 25.2. The Morgan fingerprint density at radius 2 is 1.21 bits per heavy atom. The quantitative estimate of drug-likeness (QED) is 0.340. The van der Waals surface area contributed by atoms with Gasteiger partial charge in [-0.25, -0.2) is 4.18 Å². The van der Waals surface area contributed by atoms with Crippen LogP contribution in [0.5, 0.6) is 0 Å². The molecule has 4 nitrogen and oxygen atoms in total. The second-order valence-corrected chi connectivity index (χ2v) is 5.52. The molecular formula is C12H29NaO4S2. The van der Waals surface area contributed by atoms with Gasteiger partial charge in [0.1, 0.15) is 0 Å². The molecule has 0 aromatic carbocycles. The number of hydrogen-bond donors (Lipinski definition) is 1. The van der Waals surface area contributed by atoms with Gasteiger partial charge in [-0.15, -0.1) is 0 Å². The van der Waals surface area contributed by atoms with E-state index in [1.165, 1.54) is 44.9 Å². The van der Waals surface area contributed by atoms with Crippen LogP contribution in [0.3, 0.4) is 0 Å². The number of unbranched alkanes of at least 4 members (excludes halogenated alkanes) is 9. The predicted octanol–water partition coefficient (Wildman–Crippen LogP) is 3.19. The van der Waals surface area contributed by atoms with Gasteiger partial charge in [-0.05, 0) is 6.42 Å². The molecule has 0 aliphatic heterocycles. The number of hydrogen-bond acceptors (Lipinski definition) is 3. The first-order valence-electron chi connectivity index (χ1n) is 6.68. The zero-order valence-corrected chi connectivity index (χ0v) is 13.2. The molecule has 0 aromatic rings. The van der Waals surface area contributed by atoms with Crippen LogP contribution in [0.1, 0.15) is 71.1 Å². The molecule has 0 bridgehead atoms. The molecule has 0 saturated carbocycles. The van der Waals surface area contributed by atoms with E-state index in [9.17, 15) is 8.42 Å². The van der Waals surface area contributed by atoms with E-state index in [2.05, 4.69) is 11.1 Å². The van der Waals surface area contributed by atoms with E-state index in [0.29, 0.717) is 6.42 Å². The molecule has 0 saturated heterocycles. The predicted molar refractivity (Wildman–Crippen MR) is 86.9 cm³/mol. The van der Waals surface area contributed by atoms with Crippen molar-refractivity contribution in [3.05, 3.63) is 0 Å². The topological polar surface area (TPSA) is 63.6 Å². The summed E-state index contributed by atoms with van der Waals surface area (Å²) in [7, 11) is -4.23. The zero-order valence-electron chi connectivity index (χ0n) is 11.4. The summed E-state index contributed by atoms with van der Waals surface area (Å²) in [5.74, 6) is 0. The molecule has 0 rings (SSSR count). The molecule has 0 amide bonds. The van der Waals surface area contributed by atoms with E-state index in [0.717, 1.165) is 12.8 Å². The van der Waals surface area contributed by atoms with Crippen LogP contribution in [-0.4, -0.2) is 49.1 Å². The molecule has 0 heterocycles. The summed E-state index contributed by atoms with van der Waals surface area (Å²) in [6.45, 7) is 2.31.